The zero-order valence-corrected chi connectivity index (χ0v) is 15.7. The molecule has 1 aromatic rings. The minimum Gasteiger partial charge on any atom is -0.341 e. The van der Waals surface area contributed by atoms with Crippen LogP contribution in [-0.4, -0.2) is 42.8 Å². The summed E-state index contributed by atoms with van der Waals surface area (Å²) < 4.78 is 0. The van der Waals surface area contributed by atoms with Crippen molar-refractivity contribution in [3.8, 4) is 0 Å². The molecule has 5 heteroatoms. The Morgan fingerprint density at radius 1 is 1.21 bits per heavy atom. The van der Waals surface area contributed by atoms with E-state index in [0.29, 0.717) is 17.9 Å². The van der Waals surface area contributed by atoms with E-state index >= 15 is 0 Å². The molecule has 0 radical (unpaired) electrons. The molecule has 0 aliphatic carbocycles. The maximum absolute atomic E-state index is 12.2. The predicted octanol–water partition coefficient (Wildman–Crippen LogP) is 3.09. The van der Waals surface area contributed by atoms with Gasteiger partial charge in [0.05, 0.1) is 0 Å². The number of Topliss-reactive ketones (excluding diaryl/α,β-unsaturated/α-hetero) is 1. The molecular weight excluding hydrogens is 324 g/mol. The highest BCUT2D eigenvalue weighted by atomic mass is 35.5. The highest BCUT2D eigenvalue weighted by molar-refractivity contribution is 5.98. The molecule has 2 rings (SSSR count). The number of rotatable bonds is 7. The molecule has 0 bridgehead atoms. The zero-order chi connectivity index (χ0) is 16.8. The van der Waals surface area contributed by atoms with Gasteiger partial charge in [-0.1, -0.05) is 38.1 Å². The Kier molecular flexibility index (Phi) is 8.43. The van der Waals surface area contributed by atoms with Crippen molar-refractivity contribution in [2.75, 3.05) is 20.1 Å². The summed E-state index contributed by atoms with van der Waals surface area (Å²) in [6, 6.07) is 8.08. The Bertz CT molecular complexity index is 537. The summed E-state index contributed by atoms with van der Waals surface area (Å²) in [5, 5.41) is 3.26. The summed E-state index contributed by atoms with van der Waals surface area (Å²) in [7, 11) is 1.84. The third-order valence-corrected chi connectivity index (χ3v) is 4.46. The fourth-order valence-corrected chi connectivity index (χ4v) is 3.01. The average Bonchev–Trinajstić information content (AvgIpc) is 3.06. The van der Waals surface area contributed by atoms with Crippen LogP contribution in [0.25, 0.3) is 0 Å². The van der Waals surface area contributed by atoms with Gasteiger partial charge < -0.3 is 10.2 Å². The van der Waals surface area contributed by atoms with Gasteiger partial charge >= 0.3 is 0 Å². The number of hydrogen-bond donors (Lipinski definition) is 1. The first kappa shape index (κ1) is 20.7. The van der Waals surface area contributed by atoms with Crippen molar-refractivity contribution in [3.63, 3.8) is 0 Å². The number of ketones is 1. The molecule has 1 saturated heterocycles. The minimum atomic E-state index is 0. The third kappa shape index (κ3) is 5.91. The number of hydrogen-bond acceptors (Lipinski definition) is 3. The predicted molar refractivity (Wildman–Crippen MR) is 99.8 cm³/mol. The molecule has 1 aliphatic rings. The lowest BCUT2D eigenvalue weighted by molar-refractivity contribution is -0.131. The topological polar surface area (TPSA) is 49.4 Å². The number of nitrogens with zero attached hydrogens (tertiary/aromatic N) is 1. The van der Waals surface area contributed by atoms with E-state index in [1.54, 1.807) is 4.90 Å². The lowest BCUT2D eigenvalue weighted by atomic mass is 9.99. The first-order chi connectivity index (χ1) is 11.0. The standard InChI is InChI=1S/C19H28N2O2.ClH/c1-14(2)12-15-4-6-16(7-5-15)18(22)8-9-19(23)21(3)17-10-11-20-13-17;/h4-7,14,17,20H,8-13H2,1-3H3;1H. The van der Waals surface area contributed by atoms with Crippen LogP contribution in [0.2, 0.25) is 0 Å². The maximum atomic E-state index is 12.2. The molecule has 1 N–H and O–H groups in total. The van der Waals surface area contributed by atoms with Gasteiger partial charge in [-0.3, -0.25) is 9.59 Å². The Balaban J connectivity index is 0.00000288. The summed E-state index contributed by atoms with van der Waals surface area (Å²) in [6.07, 6.45) is 2.59. The maximum Gasteiger partial charge on any atom is 0.223 e. The number of carbonyl (C=O) groups excluding carboxylic acids is 2. The van der Waals surface area contributed by atoms with Crippen molar-refractivity contribution in [2.24, 2.45) is 5.92 Å². The van der Waals surface area contributed by atoms with Crippen molar-refractivity contribution >= 4 is 24.1 Å². The highest BCUT2D eigenvalue weighted by Crippen LogP contribution is 2.13. The molecule has 1 amide bonds. The highest BCUT2D eigenvalue weighted by Gasteiger charge is 2.23. The largest absolute Gasteiger partial charge is 0.341 e. The van der Waals surface area contributed by atoms with Gasteiger partial charge in [0, 0.05) is 38.0 Å². The van der Waals surface area contributed by atoms with Crippen LogP contribution in [0.3, 0.4) is 0 Å². The number of amides is 1. The third-order valence-electron chi connectivity index (χ3n) is 4.46. The van der Waals surface area contributed by atoms with E-state index in [1.807, 2.05) is 31.3 Å². The quantitative estimate of drug-likeness (QED) is 0.767. The van der Waals surface area contributed by atoms with E-state index in [0.717, 1.165) is 25.9 Å². The Morgan fingerprint density at radius 3 is 2.42 bits per heavy atom. The van der Waals surface area contributed by atoms with E-state index in [-0.39, 0.29) is 36.6 Å². The molecule has 1 fully saturated rings. The molecule has 24 heavy (non-hydrogen) atoms. The van der Waals surface area contributed by atoms with Crippen molar-refractivity contribution in [1.82, 2.24) is 10.2 Å². The van der Waals surface area contributed by atoms with Crippen LogP contribution in [-0.2, 0) is 11.2 Å². The Labute approximate surface area is 151 Å². The van der Waals surface area contributed by atoms with Crippen molar-refractivity contribution < 1.29 is 9.59 Å². The van der Waals surface area contributed by atoms with Gasteiger partial charge in [-0.2, -0.15) is 0 Å². The molecule has 0 aromatic heterocycles. The number of halogens is 1. The SMILES string of the molecule is CC(C)Cc1ccc(C(=O)CCC(=O)N(C)C2CCNC2)cc1.Cl. The van der Waals surface area contributed by atoms with Crippen LogP contribution in [0.4, 0.5) is 0 Å². The van der Waals surface area contributed by atoms with Gasteiger partial charge in [0.25, 0.3) is 0 Å². The van der Waals surface area contributed by atoms with Crippen LogP contribution >= 0.6 is 12.4 Å². The molecule has 4 nitrogen and oxygen atoms in total. The second kappa shape index (κ2) is 9.80. The number of likely N-dealkylation sites (N-methyl/N-ethyl adjacent to an activating group) is 1. The lowest BCUT2D eigenvalue weighted by Gasteiger charge is -2.23. The van der Waals surface area contributed by atoms with Gasteiger partial charge in [-0.25, -0.2) is 0 Å². The molecule has 1 atom stereocenters. The van der Waals surface area contributed by atoms with Crippen molar-refractivity contribution in [2.45, 2.75) is 45.6 Å². The molecule has 0 spiro atoms. The molecular formula is C19H29ClN2O2. The van der Waals surface area contributed by atoms with Crippen LogP contribution in [0.1, 0.15) is 49.0 Å². The second-order valence-electron chi connectivity index (χ2n) is 6.87. The lowest BCUT2D eigenvalue weighted by Crippen LogP contribution is -2.38. The van der Waals surface area contributed by atoms with Gasteiger partial charge in [0.2, 0.25) is 5.91 Å². The summed E-state index contributed by atoms with van der Waals surface area (Å²) in [4.78, 5) is 26.2. The van der Waals surface area contributed by atoms with E-state index in [2.05, 4.69) is 19.2 Å². The molecule has 134 valence electrons. The van der Waals surface area contributed by atoms with Crippen LogP contribution in [0.5, 0.6) is 0 Å². The molecule has 0 saturated carbocycles. The van der Waals surface area contributed by atoms with Crippen LogP contribution in [0, 0.1) is 5.92 Å². The van der Waals surface area contributed by atoms with Crippen LogP contribution < -0.4 is 5.32 Å². The van der Waals surface area contributed by atoms with Crippen molar-refractivity contribution in [1.29, 1.82) is 0 Å². The molecule has 1 aliphatic heterocycles. The normalized spacial score (nSPS) is 16.8. The van der Waals surface area contributed by atoms with Crippen molar-refractivity contribution in [3.05, 3.63) is 35.4 Å². The summed E-state index contributed by atoms with van der Waals surface area (Å²) in [5.74, 6) is 0.714. The Morgan fingerprint density at radius 2 is 1.88 bits per heavy atom. The number of nitrogens with one attached hydrogen (secondary N) is 1. The smallest absolute Gasteiger partial charge is 0.223 e. The van der Waals surface area contributed by atoms with E-state index in [9.17, 15) is 9.59 Å². The van der Waals surface area contributed by atoms with Crippen LogP contribution in [0.15, 0.2) is 24.3 Å². The van der Waals surface area contributed by atoms with Gasteiger partial charge in [0.1, 0.15) is 0 Å². The fraction of sp³-hybridized carbons (Fsp3) is 0.579. The van der Waals surface area contributed by atoms with E-state index in [4.69, 9.17) is 0 Å². The molecule has 1 aromatic carbocycles. The summed E-state index contributed by atoms with van der Waals surface area (Å²) >= 11 is 0. The zero-order valence-electron chi connectivity index (χ0n) is 14.9. The van der Waals surface area contributed by atoms with Gasteiger partial charge in [-0.05, 0) is 30.9 Å². The summed E-state index contributed by atoms with van der Waals surface area (Å²) in [5.41, 5.74) is 1.96. The van der Waals surface area contributed by atoms with E-state index < -0.39 is 0 Å². The van der Waals surface area contributed by atoms with Gasteiger partial charge in [-0.15, -0.1) is 12.4 Å². The first-order valence-electron chi connectivity index (χ1n) is 8.56. The van der Waals surface area contributed by atoms with Gasteiger partial charge in [0.15, 0.2) is 5.78 Å². The number of carbonyl (C=O) groups is 2. The van der Waals surface area contributed by atoms with E-state index in [1.165, 1.54) is 5.56 Å². The number of benzene rings is 1. The molecule has 1 heterocycles. The first-order valence-corrected chi connectivity index (χ1v) is 8.56. The second-order valence-corrected chi connectivity index (χ2v) is 6.87. The monoisotopic (exact) mass is 352 g/mol. The molecule has 1 unspecified atom stereocenters. The Hall–Kier alpha value is -1.39. The summed E-state index contributed by atoms with van der Waals surface area (Å²) in [6.45, 7) is 6.18. The fourth-order valence-electron chi connectivity index (χ4n) is 3.01. The minimum absolute atomic E-state index is 0. The average molecular weight is 353 g/mol.